The number of hydrogen-bond donors (Lipinski definition) is 1. The van der Waals surface area contributed by atoms with Crippen molar-refractivity contribution in [3.8, 4) is 0 Å². The first kappa shape index (κ1) is 14.6. The molecule has 0 aliphatic carbocycles. The summed E-state index contributed by atoms with van der Waals surface area (Å²) >= 11 is 0. The summed E-state index contributed by atoms with van der Waals surface area (Å²) in [6.07, 6.45) is 4.21. The van der Waals surface area contributed by atoms with Crippen LogP contribution < -0.4 is 5.32 Å². The normalized spacial score (nSPS) is 16.2. The number of allylic oxidation sites excluding steroid dienone is 1. The molecule has 2 aromatic rings. The molecule has 0 bridgehead atoms. The number of aryl methyl sites for hydroxylation is 1. The summed E-state index contributed by atoms with van der Waals surface area (Å²) in [6, 6.07) is 16.9. The minimum absolute atomic E-state index is 0.0188. The molecule has 1 heterocycles. The van der Waals surface area contributed by atoms with Crippen LogP contribution in [0.4, 0.5) is 11.4 Å². The van der Waals surface area contributed by atoms with Gasteiger partial charge in [0.25, 0.3) is 0 Å². The molecule has 2 nitrogen and oxygen atoms in total. The van der Waals surface area contributed by atoms with Gasteiger partial charge >= 0.3 is 0 Å². The van der Waals surface area contributed by atoms with Gasteiger partial charge in [0, 0.05) is 29.6 Å². The summed E-state index contributed by atoms with van der Waals surface area (Å²) in [6.45, 7) is 6.73. The standard InChI is InChI=1S/C20H22N2/c1-15-10-11-18-17(14-15)20(2,3)19(22(18)4)12-13-21-16-8-6-5-7-9-16/h5-14H,1-4H3/p+1. The molecule has 0 spiro atoms. The topological polar surface area (TPSA) is 15.0 Å². The Balaban J connectivity index is 1.90. The Kier molecular flexibility index (Phi) is 3.61. The van der Waals surface area contributed by atoms with E-state index in [0.717, 1.165) is 5.69 Å². The predicted octanol–water partition coefficient (Wildman–Crippen LogP) is 4.63. The minimum atomic E-state index is 0.0188. The SMILES string of the molecule is Cc1ccc2c(c1)C(C)(C)C(/C=C/Nc1ccccc1)=[N+]2C. The number of benzene rings is 2. The smallest absolute Gasteiger partial charge is 0.209 e. The summed E-state index contributed by atoms with van der Waals surface area (Å²) < 4.78 is 2.29. The molecule has 0 fully saturated rings. The number of fused-ring (bicyclic) bond motifs is 1. The van der Waals surface area contributed by atoms with Crippen LogP contribution in [-0.2, 0) is 5.41 Å². The van der Waals surface area contributed by atoms with Crippen LogP contribution in [-0.4, -0.2) is 17.3 Å². The lowest BCUT2D eigenvalue weighted by Gasteiger charge is -2.15. The molecule has 0 atom stereocenters. The highest BCUT2D eigenvalue weighted by molar-refractivity contribution is 6.03. The van der Waals surface area contributed by atoms with Gasteiger partial charge in [-0.05, 0) is 39.0 Å². The molecular formula is C20H23N2+. The van der Waals surface area contributed by atoms with Crippen LogP contribution in [0, 0.1) is 6.92 Å². The Morgan fingerprint density at radius 3 is 2.50 bits per heavy atom. The number of rotatable bonds is 3. The molecule has 0 radical (unpaired) electrons. The van der Waals surface area contributed by atoms with Gasteiger partial charge in [-0.2, -0.15) is 4.58 Å². The molecule has 0 saturated carbocycles. The summed E-state index contributed by atoms with van der Waals surface area (Å²) in [4.78, 5) is 0. The first-order chi connectivity index (χ1) is 10.5. The molecule has 0 aromatic heterocycles. The second-order valence-electron chi connectivity index (χ2n) is 6.43. The fraction of sp³-hybridized carbons (Fsp3) is 0.250. The third-order valence-corrected chi connectivity index (χ3v) is 4.45. The van der Waals surface area contributed by atoms with Crippen molar-refractivity contribution in [3.05, 3.63) is 71.9 Å². The zero-order valence-electron chi connectivity index (χ0n) is 13.7. The van der Waals surface area contributed by atoms with Crippen LogP contribution in [0.25, 0.3) is 0 Å². The maximum atomic E-state index is 3.34. The Labute approximate surface area is 132 Å². The summed E-state index contributed by atoms with van der Waals surface area (Å²) in [5, 5.41) is 3.34. The highest BCUT2D eigenvalue weighted by Gasteiger charge is 2.42. The van der Waals surface area contributed by atoms with Crippen LogP contribution in [0.1, 0.15) is 25.0 Å². The van der Waals surface area contributed by atoms with E-state index in [1.807, 2.05) is 24.4 Å². The van der Waals surface area contributed by atoms with Crippen LogP contribution >= 0.6 is 0 Å². The molecule has 22 heavy (non-hydrogen) atoms. The number of nitrogens with one attached hydrogen (secondary N) is 1. The zero-order chi connectivity index (χ0) is 15.7. The maximum Gasteiger partial charge on any atom is 0.209 e. The van der Waals surface area contributed by atoms with Crippen molar-refractivity contribution in [2.24, 2.45) is 0 Å². The third-order valence-electron chi connectivity index (χ3n) is 4.45. The number of hydrogen-bond acceptors (Lipinski definition) is 1. The first-order valence-electron chi connectivity index (χ1n) is 7.70. The predicted molar refractivity (Wildman–Crippen MR) is 94.3 cm³/mol. The van der Waals surface area contributed by atoms with E-state index in [4.69, 9.17) is 0 Å². The Hall–Kier alpha value is -2.35. The Morgan fingerprint density at radius 2 is 1.77 bits per heavy atom. The Morgan fingerprint density at radius 1 is 1.05 bits per heavy atom. The number of anilines is 1. The van der Waals surface area contributed by atoms with Crippen molar-refractivity contribution in [2.75, 3.05) is 12.4 Å². The van der Waals surface area contributed by atoms with Gasteiger partial charge in [0.05, 0.1) is 5.41 Å². The largest absolute Gasteiger partial charge is 0.361 e. The molecule has 1 aliphatic rings. The lowest BCUT2D eigenvalue weighted by atomic mass is 9.81. The van der Waals surface area contributed by atoms with Crippen molar-refractivity contribution >= 4 is 17.1 Å². The molecule has 0 unspecified atom stereocenters. The van der Waals surface area contributed by atoms with Crippen molar-refractivity contribution < 1.29 is 4.58 Å². The summed E-state index contributed by atoms with van der Waals surface area (Å²) in [5.74, 6) is 0. The highest BCUT2D eigenvalue weighted by Crippen LogP contribution is 2.39. The van der Waals surface area contributed by atoms with Gasteiger partial charge < -0.3 is 5.32 Å². The molecule has 0 saturated heterocycles. The third kappa shape index (κ3) is 2.45. The highest BCUT2D eigenvalue weighted by atomic mass is 15.0. The van der Waals surface area contributed by atoms with Crippen LogP contribution in [0.15, 0.2) is 60.8 Å². The lowest BCUT2D eigenvalue weighted by molar-refractivity contribution is -0.401. The molecule has 2 aromatic carbocycles. The maximum absolute atomic E-state index is 3.34. The van der Waals surface area contributed by atoms with Crippen molar-refractivity contribution in [1.29, 1.82) is 0 Å². The van der Waals surface area contributed by atoms with Crippen LogP contribution in [0.3, 0.4) is 0 Å². The molecule has 3 rings (SSSR count). The summed E-state index contributed by atoms with van der Waals surface area (Å²) in [7, 11) is 2.14. The molecule has 2 heteroatoms. The second kappa shape index (κ2) is 5.45. The van der Waals surface area contributed by atoms with E-state index in [1.54, 1.807) is 0 Å². The van der Waals surface area contributed by atoms with E-state index < -0.39 is 0 Å². The van der Waals surface area contributed by atoms with E-state index in [-0.39, 0.29) is 5.41 Å². The molecule has 112 valence electrons. The molecule has 1 aliphatic heterocycles. The molecule has 0 amide bonds. The van der Waals surface area contributed by atoms with E-state index in [9.17, 15) is 0 Å². The second-order valence-corrected chi connectivity index (χ2v) is 6.43. The van der Waals surface area contributed by atoms with Gasteiger partial charge in [-0.1, -0.05) is 29.8 Å². The van der Waals surface area contributed by atoms with Gasteiger partial charge in [-0.15, -0.1) is 0 Å². The first-order valence-corrected chi connectivity index (χ1v) is 7.70. The molecule has 1 N–H and O–H groups in total. The average molecular weight is 291 g/mol. The van der Waals surface area contributed by atoms with Gasteiger partial charge in [0.15, 0.2) is 5.71 Å². The summed E-state index contributed by atoms with van der Waals surface area (Å²) in [5.41, 5.74) is 6.44. The van der Waals surface area contributed by atoms with Gasteiger partial charge in [-0.3, -0.25) is 0 Å². The van der Waals surface area contributed by atoms with Gasteiger partial charge in [0.1, 0.15) is 7.05 Å². The van der Waals surface area contributed by atoms with E-state index in [0.29, 0.717) is 0 Å². The lowest BCUT2D eigenvalue weighted by Crippen LogP contribution is -2.26. The van der Waals surface area contributed by atoms with Crippen LogP contribution in [0.5, 0.6) is 0 Å². The van der Waals surface area contributed by atoms with Crippen molar-refractivity contribution in [3.63, 3.8) is 0 Å². The fourth-order valence-corrected chi connectivity index (χ4v) is 3.20. The molecular weight excluding hydrogens is 268 g/mol. The Bertz CT molecular complexity index is 753. The zero-order valence-corrected chi connectivity index (χ0v) is 13.7. The monoisotopic (exact) mass is 291 g/mol. The van der Waals surface area contributed by atoms with E-state index >= 15 is 0 Å². The fourth-order valence-electron chi connectivity index (χ4n) is 3.20. The number of para-hydroxylation sites is 1. The van der Waals surface area contributed by atoms with Crippen molar-refractivity contribution in [2.45, 2.75) is 26.2 Å². The number of nitrogens with zero attached hydrogens (tertiary/aromatic N) is 1. The van der Waals surface area contributed by atoms with E-state index in [1.165, 1.54) is 22.5 Å². The van der Waals surface area contributed by atoms with Gasteiger partial charge in [-0.25, -0.2) is 0 Å². The van der Waals surface area contributed by atoms with Crippen LogP contribution in [0.2, 0.25) is 0 Å². The van der Waals surface area contributed by atoms with Crippen molar-refractivity contribution in [1.82, 2.24) is 0 Å². The van der Waals surface area contributed by atoms with E-state index in [2.05, 4.69) is 74.1 Å². The quantitative estimate of drug-likeness (QED) is 0.815. The minimum Gasteiger partial charge on any atom is -0.361 e. The average Bonchev–Trinajstić information content (AvgIpc) is 2.69. The van der Waals surface area contributed by atoms with Gasteiger partial charge in [0.2, 0.25) is 5.69 Å².